The zero-order valence-corrected chi connectivity index (χ0v) is 23.7. The van der Waals surface area contributed by atoms with Crippen LogP contribution in [0.15, 0.2) is 53.0 Å². The maximum absolute atomic E-state index is 13.7. The van der Waals surface area contributed by atoms with Crippen molar-refractivity contribution in [1.29, 1.82) is 0 Å². The van der Waals surface area contributed by atoms with Gasteiger partial charge in [-0.1, -0.05) is 67.0 Å². The Hall–Kier alpha value is -2.39. The van der Waals surface area contributed by atoms with E-state index in [0.29, 0.717) is 5.69 Å². The minimum Gasteiger partial charge on any atom is -0.352 e. The molecule has 2 rings (SSSR count). The molecular formula is C26H36BrN3O4S. The van der Waals surface area contributed by atoms with Crippen molar-refractivity contribution >= 4 is 43.5 Å². The summed E-state index contributed by atoms with van der Waals surface area (Å²) in [5, 5.41) is 2.93. The Morgan fingerprint density at radius 3 is 2.26 bits per heavy atom. The van der Waals surface area contributed by atoms with Crippen LogP contribution in [0.1, 0.15) is 58.1 Å². The minimum absolute atomic E-state index is 0.0433. The lowest BCUT2D eigenvalue weighted by molar-refractivity contribution is -0.139. The van der Waals surface area contributed by atoms with Crippen LogP contribution in [0, 0.1) is 0 Å². The standard InChI is InChI=1S/C26H36BrN3O4S/c1-7-19(4)28-26(32)20(5)29(16-21-11-10-12-22(27)15-21)25(31)17-30(35(6,33)34)24-14-9-8-13-23(24)18(2)3/h8-15,18-20H,7,16-17H2,1-6H3,(H,28,32)/t19-,20-/m1/s1. The number of rotatable bonds is 11. The number of anilines is 1. The van der Waals surface area contributed by atoms with Crippen LogP contribution in [0.3, 0.4) is 0 Å². The molecule has 0 aliphatic heterocycles. The number of nitrogens with one attached hydrogen (secondary N) is 1. The third kappa shape index (κ3) is 8.07. The molecule has 1 N–H and O–H groups in total. The largest absolute Gasteiger partial charge is 0.352 e. The highest BCUT2D eigenvalue weighted by Gasteiger charge is 2.31. The van der Waals surface area contributed by atoms with Gasteiger partial charge in [-0.05, 0) is 55.5 Å². The van der Waals surface area contributed by atoms with E-state index in [1.165, 1.54) is 4.90 Å². The summed E-state index contributed by atoms with van der Waals surface area (Å²) in [5.41, 5.74) is 2.12. The number of benzene rings is 2. The van der Waals surface area contributed by atoms with Gasteiger partial charge in [0.15, 0.2) is 0 Å². The highest BCUT2D eigenvalue weighted by Crippen LogP contribution is 2.29. The summed E-state index contributed by atoms with van der Waals surface area (Å²) in [6.07, 6.45) is 1.85. The molecule has 2 aromatic rings. The molecule has 7 nitrogen and oxygen atoms in total. The summed E-state index contributed by atoms with van der Waals surface area (Å²) in [7, 11) is -3.77. The topological polar surface area (TPSA) is 86.8 Å². The lowest BCUT2D eigenvalue weighted by Crippen LogP contribution is -2.52. The van der Waals surface area contributed by atoms with Crippen LogP contribution in [-0.4, -0.2) is 50.0 Å². The van der Waals surface area contributed by atoms with Gasteiger partial charge in [0.05, 0.1) is 11.9 Å². The minimum atomic E-state index is -3.77. The highest BCUT2D eigenvalue weighted by molar-refractivity contribution is 9.10. The van der Waals surface area contributed by atoms with E-state index >= 15 is 0 Å². The highest BCUT2D eigenvalue weighted by atomic mass is 79.9. The van der Waals surface area contributed by atoms with Gasteiger partial charge in [0.25, 0.3) is 0 Å². The zero-order chi connectivity index (χ0) is 26.3. The summed E-state index contributed by atoms with van der Waals surface area (Å²) in [6, 6.07) is 13.8. The van der Waals surface area contributed by atoms with Crippen molar-refractivity contribution in [2.75, 3.05) is 17.1 Å². The third-order valence-electron chi connectivity index (χ3n) is 5.92. The Kier molecular flexibility index (Phi) is 10.3. The maximum Gasteiger partial charge on any atom is 0.244 e. The molecule has 0 saturated carbocycles. The first kappa shape index (κ1) is 28.8. The Labute approximate surface area is 218 Å². The number of carbonyl (C=O) groups is 2. The average molecular weight is 567 g/mol. The van der Waals surface area contributed by atoms with Crippen molar-refractivity contribution in [1.82, 2.24) is 10.2 Å². The normalized spacial score (nSPS) is 13.3. The van der Waals surface area contributed by atoms with Gasteiger partial charge in [0, 0.05) is 17.1 Å². The first-order valence-electron chi connectivity index (χ1n) is 11.8. The van der Waals surface area contributed by atoms with E-state index in [9.17, 15) is 18.0 Å². The van der Waals surface area contributed by atoms with E-state index in [1.807, 2.05) is 64.1 Å². The van der Waals surface area contributed by atoms with Gasteiger partial charge in [0.2, 0.25) is 21.8 Å². The molecule has 2 aromatic carbocycles. The summed E-state index contributed by atoms with van der Waals surface area (Å²) in [4.78, 5) is 28.1. The van der Waals surface area contributed by atoms with Crippen LogP contribution in [0.4, 0.5) is 5.69 Å². The van der Waals surface area contributed by atoms with Crippen molar-refractivity contribution in [2.24, 2.45) is 0 Å². The number of hydrogen-bond donors (Lipinski definition) is 1. The second kappa shape index (κ2) is 12.5. The Balaban J connectivity index is 2.45. The molecule has 35 heavy (non-hydrogen) atoms. The van der Waals surface area contributed by atoms with Crippen LogP contribution in [0.25, 0.3) is 0 Å². The van der Waals surface area contributed by atoms with Crippen LogP contribution < -0.4 is 9.62 Å². The summed E-state index contributed by atoms with van der Waals surface area (Å²) in [6.45, 7) is 9.24. The van der Waals surface area contributed by atoms with E-state index in [-0.39, 0.29) is 24.4 Å². The molecule has 0 radical (unpaired) electrons. The van der Waals surface area contributed by atoms with Crippen molar-refractivity contribution in [3.8, 4) is 0 Å². The van der Waals surface area contributed by atoms with E-state index in [0.717, 1.165) is 32.6 Å². The number of nitrogens with zero attached hydrogens (tertiary/aromatic N) is 2. The molecule has 0 saturated heterocycles. The van der Waals surface area contributed by atoms with E-state index in [4.69, 9.17) is 0 Å². The quantitative estimate of drug-likeness (QED) is 0.429. The van der Waals surface area contributed by atoms with Crippen molar-refractivity contribution < 1.29 is 18.0 Å². The molecule has 192 valence electrons. The molecule has 0 fully saturated rings. The first-order chi connectivity index (χ1) is 16.3. The van der Waals surface area contributed by atoms with Crippen LogP contribution in [-0.2, 0) is 26.2 Å². The zero-order valence-electron chi connectivity index (χ0n) is 21.3. The number of para-hydroxylation sites is 1. The van der Waals surface area contributed by atoms with Gasteiger partial charge < -0.3 is 10.2 Å². The van der Waals surface area contributed by atoms with E-state index < -0.39 is 28.5 Å². The number of hydrogen-bond acceptors (Lipinski definition) is 4. The SMILES string of the molecule is CC[C@@H](C)NC(=O)[C@@H](C)N(Cc1cccc(Br)c1)C(=O)CN(c1ccccc1C(C)C)S(C)(=O)=O. The van der Waals surface area contributed by atoms with Crippen molar-refractivity contribution in [2.45, 2.75) is 65.6 Å². The van der Waals surface area contributed by atoms with Crippen LogP contribution in [0.5, 0.6) is 0 Å². The smallest absolute Gasteiger partial charge is 0.244 e. The molecule has 0 aliphatic carbocycles. The fourth-order valence-electron chi connectivity index (χ4n) is 3.68. The number of halogens is 1. The molecule has 0 bridgehead atoms. The molecule has 0 spiro atoms. The Morgan fingerprint density at radius 1 is 1.03 bits per heavy atom. The lowest BCUT2D eigenvalue weighted by Gasteiger charge is -2.32. The lowest BCUT2D eigenvalue weighted by atomic mass is 10.0. The fourth-order valence-corrected chi connectivity index (χ4v) is 4.99. The second-order valence-corrected chi connectivity index (χ2v) is 12.0. The average Bonchev–Trinajstić information content (AvgIpc) is 2.79. The molecule has 0 aliphatic rings. The summed E-state index contributed by atoms with van der Waals surface area (Å²) < 4.78 is 27.6. The molecule has 0 heterocycles. The fraction of sp³-hybridized carbons (Fsp3) is 0.462. The van der Waals surface area contributed by atoms with Gasteiger partial charge in [-0.25, -0.2) is 8.42 Å². The van der Waals surface area contributed by atoms with Gasteiger partial charge >= 0.3 is 0 Å². The Bertz CT molecular complexity index is 1140. The summed E-state index contributed by atoms with van der Waals surface area (Å²) >= 11 is 3.45. The first-order valence-corrected chi connectivity index (χ1v) is 14.4. The molecule has 2 amide bonds. The molecule has 0 unspecified atom stereocenters. The van der Waals surface area contributed by atoms with Gasteiger partial charge in [-0.3, -0.25) is 13.9 Å². The predicted octanol–water partition coefficient (Wildman–Crippen LogP) is 4.67. The number of carbonyl (C=O) groups excluding carboxylic acids is 2. The van der Waals surface area contributed by atoms with Crippen molar-refractivity contribution in [3.63, 3.8) is 0 Å². The molecule has 0 aromatic heterocycles. The molecule has 2 atom stereocenters. The second-order valence-electron chi connectivity index (χ2n) is 9.13. The number of amides is 2. The third-order valence-corrected chi connectivity index (χ3v) is 7.54. The van der Waals surface area contributed by atoms with E-state index in [1.54, 1.807) is 19.1 Å². The maximum atomic E-state index is 13.7. The Morgan fingerprint density at radius 2 is 1.69 bits per heavy atom. The molecular weight excluding hydrogens is 530 g/mol. The van der Waals surface area contributed by atoms with Crippen molar-refractivity contribution in [3.05, 3.63) is 64.1 Å². The van der Waals surface area contributed by atoms with Gasteiger partial charge in [-0.15, -0.1) is 0 Å². The number of sulfonamides is 1. The van der Waals surface area contributed by atoms with Crippen LogP contribution in [0.2, 0.25) is 0 Å². The monoisotopic (exact) mass is 565 g/mol. The molecule has 9 heteroatoms. The predicted molar refractivity (Wildman–Crippen MR) is 145 cm³/mol. The van der Waals surface area contributed by atoms with E-state index in [2.05, 4.69) is 21.2 Å². The summed E-state index contributed by atoms with van der Waals surface area (Å²) in [5.74, 6) is -0.680. The van der Waals surface area contributed by atoms with Crippen LogP contribution >= 0.6 is 15.9 Å². The van der Waals surface area contributed by atoms with Gasteiger partial charge in [-0.2, -0.15) is 0 Å². The van der Waals surface area contributed by atoms with Gasteiger partial charge in [0.1, 0.15) is 12.6 Å².